The van der Waals surface area contributed by atoms with Crippen molar-refractivity contribution in [2.24, 2.45) is 0 Å². The van der Waals surface area contributed by atoms with E-state index < -0.39 is 0 Å². The zero-order valence-electron chi connectivity index (χ0n) is 10.7. The maximum Gasteiger partial charge on any atom is 0.185 e. The maximum atomic E-state index is 9.35. The Morgan fingerprint density at radius 2 is 2.28 bits per heavy atom. The summed E-state index contributed by atoms with van der Waals surface area (Å²) in [4.78, 5) is 9.12. The molecule has 0 spiro atoms. The summed E-state index contributed by atoms with van der Waals surface area (Å²) < 4.78 is 0. The van der Waals surface area contributed by atoms with Crippen LogP contribution in [0.5, 0.6) is 0 Å². The molecular formula is C13H18N2OS2. The van der Waals surface area contributed by atoms with Crippen LogP contribution in [0.1, 0.15) is 28.8 Å². The molecule has 2 rings (SSSR count). The second-order valence-corrected chi connectivity index (χ2v) is 6.30. The zero-order valence-corrected chi connectivity index (χ0v) is 12.4. The smallest absolute Gasteiger partial charge is 0.185 e. The van der Waals surface area contributed by atoms with Crippen LogP contribution < -0.4 is 4.90 Å². The number of aliphatic hydroxyl groups is 1. The van der Waals surface area contributed by atoms with E-state index >= 15 is 0 Å². The van der Waals surface area contributed by atoms with Gasteiger partial charge < -0.3 is 10.0 Å². The molecule has 0 amide bonds. The molecule has 0 aromatic carbocycles. The van der Waals surface area contributed by atoms with Crippen molar-refractivity contribution < 1.29 is 5.11 Å². The monoisotopic (exact) mass is 282 g/mol. The van der Waals surface area contributed by atoms with Gasteiger partial charge in [-0.25, -0.2) is 4.98 Å². The molecule has 18 heavy (non-hydrogen) atoms. The Hall–Kier alpha value is -0.910. The van der Waals surface area contributed by atoms with Crippen LogP contribution in [0.15, 0.2) is 17.5 Å². The molecule has 0 fully saturated rings. The van der Waals surface area contributed by atoms with Crippen LogP contribution in [0.4, 0.5) is 5.13 Å². The van der Waals surface area contributed by atoms with Crippen LogP contribution in [-0.2, 0) is 19.6 Å². The molecule has 2 aromatic rings. The molecule has 0 unspecified atom stereocenters. The molecule has 0 aliphatic rings. The lowest BCUT2D eigenvalue weighted by atomic mass is 10.2. The van der Waals surface area contributed by atoms with Crippen LogP contribution in [0.2, 0.25) is 0 Å². The van der Waals surface area contributed by atoms with Gasteiger partial charge in [0.05, 0.1) is 23.7 Å². The van der Waals surface area contributed by atoms with Crippen molar-refractivity contribution in [3.05, 3.63) is 33.0 Å². The Bertz CT molecular complexity index is 479. The van der Waals surface area contributed by atoms with Crippen molar-refractivity contribution in [2.75, 3.05) is 11.9 Å². The van der Waals surface area contributed by atoms with Gasteiger partial charge in [-0.2, -0.15) is 0 Å². The lowest BCUT2D eigenvalue weighted by molar-refractivity contribution is 0.284. The average molecular weight is 282 g/mol. The first-order valence-corrected chi connectivity index (χ1v) is 7.77. The highest BCUT2D eigenvalue weighted by Crippen LogP contribution is 2.28. The molecule has 1 N–H and O–H groups in total. The van der Waals surface area contributed by atoms with E-state index in [1.54, 1.807) is 22.7 Å². The van der Waals surface area contributed by atoms with E-state index in [4.69, 9.17) is 0 Å². The molecule has 2 aromatic heterocycles. The van der Waals surface area contributed by atoms with E-state index in [1.807, 2.05) is 0 Å². The number of anilines is 1. The number of aliphatic hydroxyl groups excluding tert-OH is 1. The van der Waals surface area contributed by atoms with Gasteiger partial charge in [0.2, 0.25) is 0 Å². The Morgan fingerprint density at radius 3 is 2.89 bits per heavy atom. The van der Waals surface area contributed by atoms with Gasteiger partial charge in [-0.3, -0.25) is 0 Å². The fraction of sp³-hybridized carbons (Fsp3) is 0.462. The van der Waals surface area contributed by atoms with Crippen molar-refractivity contribution in [3.63, 3.8) is 0 Å². The third-order valence-electron chi connectivity index (χ3n) is 2.70. The highest BCUT2D eigenvalue weighted by molar-refractivity contribution is 7.15. The number of thiazole rings is 1. The molecule has 0 bridgehead atoms. The van der Waals surface area contributed by atoms with Gasteiger partial charge in [0.1, 0.15) is 0 Å². The summed E-state index contributed by atoms with van der Waals surface area (Å²) in [6.07, 6.45) is 2.00. The summed E-state index contributed by atoms with van der Waals surface area (Å²) in [6.45, 7) is 3.11. The number of thiophene rings is 1. The van der Waals surface area contributed by atoms with Crippen LogP contribution in [0.3, 0.4) is 0 Å². The van der Waals surface area contributed by atoms with Crippen LogP contribution in [0.25, 0.3) is 0 Å². The number of aromatic nitrogens is 1. The minimum Gasteiger partial charge on any atom is -0.391 e. The summed E-state index contributed by atoms with van der Waals surface area (Å²) in [5, 5.41) is 12.4. The fourth-order valence-corrected chi connectivity index (χ4v) is 3.48. The van der Waals surface area contributed by atoms with Gasteiger partial charge in [-0.15, -0.1) is 11.3 Å². The summed E-state index contributed by atoms with van der Waals surface area (Å²) in [7, 11) is 2.05. The standard InChI is InChI=1S/C13H18N2OS2/c1-3-5-11-12(9-16)18-13(14-11)15(2)8-10-6-4-7-17-10/h4,6-7,16H,3,5,8-9H2,1-2H3. The van der Waals surface area contributed by atoms with Crippen LogP contribution >= 0.6 is 22.7 Å². The second kappa shape index (κ2) is 6.31. The first-order chi connectivity index (χ1) is 8.74. The highest BCUT2D eigenvalue weighted by atomic mass is 32.1. The van der Waals surface area contributed by atoms with E-state index in [0.717, 1.165) is 35.1 Å². The molecule has 0 saturated heterocycles. The van der Waals surface area contributed by atoms with Gasteiger partial charge in [-0.1, -0.05) is 30.7 Å². The molecule has 0 atom stereocenters. The summed E-state index contributed by atoms with van der Waals surface area (Å²) in [5.74, 6) is 0. The van der Waals surface area contributed by atoms with Crippen molar-refractivity contribution >= 4 is 27.8 Å². The van der Waals surface area contributed by atoms with Gasteiger partial charge in [0.15, 0.2) is 5.13 Å². The molecule has 98 valence electrons. The van der Waals surface area contributed by atoms with Crippen molar-refractivity contribution in [3.8, 4) is 0 Å². The predicted octanol–water partition coefficient (Wildman–Crippen LogP) is 3.29. The molecule has 0 saturated carbocycles. The van der Waals surface area contributed by atoms with E-state index in [9.17, 15) is 5.11 Å². The van der Waals surface area contributed by atoms with E-state index in [0.29, 0.717) is 0 Å². The quantitative estimate of drug-likeness (QED) is 0.883. The first kappa shape index (κ1) is 13.5. The molecule has 0 radical (unpaired) electrons. The summed E-state index contributed by atoms with van der Waals surface area (Å²) in [5.41, 5.74) is 1.05. The number of nitrogens with zero attached hydrogens (tertiary/aromatic N) is 2. The highest BCUT2D eigenvalue weighted by Gasteiger charge is 2.13. The van der Waals surface area contributed by atoms with Gasteiger partial charge in [0, 0.05) is 11.9 Å². The molecular weight excluding hydrogens is 264 g/mol. The van der Waals surface area contributed by atoms with E-state index in [-0.39, 0.29) is 6.61 Å². The lowest BCUT2D eigenvalue weighted by Gasteiger charge is -2.14. The third-order valence-corrected chi connectivity index (χ3v) is 4.75. The predicted molar refractivity (Wildman–Crippen MR) is 78.5 cm³/mol. The number of aryl methyl sites for hydroxylation is 1. The van der Waals surface area contributed by atoms with Crippen molar-refractivity contribution in [1.82, 2.24) is 4.98 Å². The summed E-state index contributed by atoms with van der Waals surface area (Å²) >= 11 is 3.36. The normalized spacial score (nSPS) is 10.8. The lowest BCUT2D eigenvalue weighted by Crippen LogP contribution is -2.15. The molecule has 0 aliphatic carbocycles. The second-order valence-electron chi connectivity index (χ2n) is 4.21. The number of hydrogen-bond acceptors (Lipinski definition) is 5. The minimum atomic E-state index is 0.0971. The van der Waals surface area contributed by atoms with Gasteiger partial charge in [0.25, 0.3) is 0 Å². The average Bonchev–Trinajstić information content (AvgIpc) is 2.98. The number of hydrogen-bond donors (Lipinski definition) is 1. The van der Waals surface area contributed by atoms with Gasteiger partial charge in [-0.05, 0) is 17.9 Å². The van der Waals surface area contributed by atoms with Crippen molar-refractivity contribution in [2.45, 2.75) is 32.9 Å². The van der Waals surface area contributed by atoms with E-state index in [1.165, 1.54) is 4.88 Å². The fourth-order valence-electron chi connectivity index (χ4n) is 1.79. The van der Waals surface area contributed by atoms with Crippen LogP contribution in [-0.4, -0.2) is 17.1 Å². The Labute approximate surface area is 116 Å². The zero-order chi connectivity index (χ0) is 13.0. The Balaban J connectivity index is 2.12. The Kier molecular flexibility index (Phi) is 4.74. The van der Waals surface area contributed by atoms with E-state index in [2.05, 4.69) is 41.4 Å². The SMILES string of the molecule is CCCc1nc(N(C)Cc2cccs2)sc1CO. The van der Waals surface area contributed by atoms with Gasteiger partial charge >= 0.3 is 0 Å². The molecule has 2 heterocycles. The third kappa shape index (κ3) is 3.10. The minimum absolute atomic E-state index is 0.0971. The molecule has 3 nitrogen and oxygen atoms in total. The maximum absolute atomic E-state index is 9.35. The Morgan fingerprint density at radius 1 is 1.44 bits per heavy atom. The number of rotatable bonds is 6. The topological polar surface area (TPSA) is 36.4 Å². The summed E-state index contributed by atoms with van der Waals surface area (Å²) in [6, 6.07) is 4.20. The largest absolute Gasteiger partial charge is 0.391 e. The first-order valence-electron chi connectivity index (χ1n) is 6.07. The molecule has 5 heteroatoms. The van der Waals surface area contributed by atoms with Crippen molar-refractivity contribution in [1.29, 1.82) is 0 Å². The molecule has 0 aliphatic heterocycles. The van der Waals surface area contributed by atoms with Crippen LogP contribution in [0, 0.1) is 0 Å².